The molecule has 0 saturated heterocycles. The molecule has 2 aromatic carbocycles. The van der Waals surface area contributed by atoms with Crippen molar-refractivity contribution in [1.82, 2.24) is 0 Å². The summed E-state index contributed by atoms with van der Waals surface area (Å²) in [5.41, 5.74) is 2.79. The number of nitrogens with one attached hydrogen (secondary N) is 1. The third kappa shape index (κ3) is 4.72. The largest absolute Gasteiger partial charge is 0.392 e. The number of rotatable bonds is 6. The Morgan fingerprint density at radius 3 is 2.62 bits per heavy atom. The number of hydrogen-bond acceptors (Lipinski definition) is 2. The first-order valence-electron chi connectivity index (χ1n) is 7.23. The predicted octanol–water partition coefficient (Wildman–Crippen LogP) is 3.70. The summed E-state index contributed by atoms with van der Waals surface area (Å²) < 4.78 is 0. The van der Waals surface area contributed by atoms with Crippen LogP contribution in [0.5, 0.6) is 0 Å². The van der Waals surface area contributed by atoms with E-state index in [1.807, 2.05) is 36.4 Å². The number of benzene rings is 2. The molecule has 1 unspecified atom stereocenters. The third-order valence-corrected chi connectivity index (χ3v) is 3.57. The predicted molar refractivity (Wildman–Crippen MR) is 85.1 cm³/mol. The lowest BCUT2D eigenvalue weighted by atomic mass is 9.96. The van der Waals surface area contributed by atoms with Gasteiger partial charge in [0.15, 0.2) is 0 Å². The molecule has 2 N–H and O–H groups in total. The van der Waals surface area contributed by atoms with Crippen LogP contribution in [-0.4, -0.2) is 11.0 Å². The van der Waals surface area contributed by atoms with Crippen LogP contribution in [0.1, 0.15) is 36.8 Å². The molecule has 110 valence electrons. The number of anilines is 1. The van der Waals surface area contributed by atoms with E-state index in [9.17, 15) is 4.79 Å². The van der Waals surface area contributed by atoms with Crippen molar-refractivity contribution in [3.05, 3.63) is 65.7 Å². The lowest BCUT2D eigenvalue weighted by molar-refractivity contribution is -0.116. The minimum atomic E-state index is -0.0191. The number of aliphatic hydroxyl groups excluding tert-OH is 1. The Labute approximate surface area is 125 Å². The lowest BCUT2D eigenvalue weighted by Crippen LogP contribution is -2.12. The molecule has 3 nitrogen and oxygen atoms in total. The Morgan fingerprint density at radius 1 is 1.14 bits per heavy atom. The van der Waals surface area contributed by atoms with E-state index in [-0.39, 0.29) is 12.5 Å². The highest BCUT2D eigenvalue weighted by molar-refractivity contribution is 5.90. The van der Waals surface area contributed by atoms with Crippen molar-refractivity contribution < 1.29 is 9.90 Å². The van der Waals surface area contributed by atoms with E-state index in [2.05, 4.69) is 24.4 Å². The molecule has 2 rings (SSSR count). The van der Waals surface area contributed by atoms with Crippen LogP contribution in [0.2, 0.25) is 0 Å². The Bertz CT molecular complexity index is 581. The minimum Gasteiger partial charge on any atom is -0.392 e. The third-order valence-electron chi connectivity index (χ3n) is 3.57. The van der Waals surface area contributed by atoms with Gasteiger partial charge in [0.2, 0.25) is 5.91 Å². The second-order valence-corrected chi connectivity index (χ2v) is 5.26. The summed E-state index contributed by atoms with van der Waals surface area (Å²) in [6.07, 6.45) is 1.30. The molecule has 2 aromatic rings. The highest BCUT2D eigenvalue weighted by Crippen LogP contribution is 2.20. The quantitative estimate of drug-likeness (QED) is 0.849. The maximum absolute atomic E-state index is 12.0. The Hall–Kier alpha value is -2.13. The van der Waals surface area contributed by atoms with Gasteiger partial charge in [-0.1, -0.05) is 49.4 Å². The van der Waals surface area contributed by atoms with Gasteiger partial charge in [0.05, 0.1) is 6.61 Å². The first-order valence-corrected chi connectivity index (χ1v) is 7.23. The zero-order chi connectivity index (χ0) is 15.1. The van der Waals surface area contributed by atoms with Gasteiger partial charge in [-0.05, 0) is 35.6 Å². The van der Waals surface area contributed by atoms with Gasteiger partial charge >= 0.3 is 0 Å². The molecule has 0 aliphatic heterocycles. The summed E-state index contributed by atoms with van der Waals surface area (Å²) >= 11 is 0. The Morgan fingerprint density at radius 2 is 1.90 bits per heavy atom. The number of carbonyl (C=O) groups excluding carboxylic acids is 1. The van der Waals surface area contributed by atoms with E-state index in [1.54, 1.807) is 6.07 Å². The number of hydrogen-bond donors (Lipinski definition) is 2. The van der Waals surface area contributed by atoms with E-state index in [0.717, 1.165) is 17.7 Å². The van der Waals surface area contributed by atoms with Crippen molar-refractivity contribution in [1.29, 1.82) is 0 Å². The van der Waals surface area contributed by atoms with E-state index < -0.39 is 0 Å². The smallest absolute Gasteiger partial charge is 0.224 e. The SMILES string of the molecule is CC(CCC(=O)Nc1cccc(CO)c1)c1ccccc1. The average molecular weight is 283 g/mol. The van der Waals surface area contributed by atoms with E-state index in [0.29, 0.717) is 12.3 Å². The molecule has 1 amide bonds. The fourth-order valence-corrected chi connectivity index (χ4v) is 2.27. The highest BCUT2D eigenvalue weighted by atomic mass is 16.3. The summed E-state index contributed by atoms with van der Waals surface area (Å²) in [7, 11) is 0. The molecule has 0 spiro atoms. The Kier molecular flexibility index (Phi) is 5.52. The van der Waals surface area contributed by atoms with Crippen LogP contribution < -0.4 is 5.32 Å². The van der Waals surface area contributed by atoms with Crippen molar-refractivity contribution in [2.75, 3.05) is 5.32 Å². The van der Waals surface area contributed by atoms with E-state index in [1.165, 1.54) is 5.56 Å². The standard InChI is InChI=1S/C18H21NO2/c1-14(16-7-3-2-4-8-16)10-11-18(21)19-17-9-5-6-15(12-17)13-20/h2-9,12,14,20H,10-11,13H2,1H3,(H,19,21). The molecular formula is C18H21NO2. The fraction of sp³-hybridized carbons (Fsp3) is 0.278. The lowest BCUT2D eigenvalue weighted by Gasteiger charge is -2.12. The first-order chi connectivity index (χ1) is 10.2. The fourth-order valence-electron chi connectivity index (χ4n) is 2.27. The average Bonchev–Trinajstić information content (AvgIpc) is 2.53. The zero-order valence-electron chi connectivity index (χ0n) is 12.3. The normalized spacial score (nSPS) is 11.9. The first kappa shape index (κ1) is 15.3. The number of amides is 1. The van der Waals surface area contributed by atoms with Gasteiger partial charge < -0.3 is 10.4 Å². The van der Waals surface area contributed by atoms with Crippen LogP contribution in [0.4, 0.5) is 5.69 Å². The van der Waals surface area contributed by atoms with Gasteiger partial charge in [-0.15, -0.1) is 0 Å². The van der Waals surface area contributed by atoms with Crippen LogP contribution in [0, 0.1) is 0 Å². The minimum absolute atomic E-state index is 0.00729. The van der Waals surface area contributed by atoms with Gasteiger partial charge in [-0.25, -0.2) is 0 Å². The molecule has 3 heteroatoms. The van der Waals surface area contributed by atoms with Gasteiger partial charge in [0, 0.05) is 12.1 Å². The second-order valence-electron chi connectivity index (χ2n) is 5.26. The second kappa shape index (κ2) is 7.60. The van der Waals surface area contributed by atoms with Gasteiger partial charge in [-0.2, -0.15) is 0 Å². The van der Waals surface area contributed by atoms with Crippen molar-refractivity contribution in [2.45, 2.75) is 32.3 Å². The van der Waals surface area contributed by atoms with Gasteiger partial charge in [0.1, 0.15) is 0 Å². The molecule has 0 saturated carbocycles. The summed E-state index contributed by atoms with van der Waals surface area (Å²) in [6, 6.07) is 17.5. The van der Waals surface area contributed by atoms with Crippen LogP contribution in [0.15, 0.2) is 54.6 Å². The van der Waals surface area contributed by atoms with E-state index >= 15 is 0 Å². The molecule has 21 heavy (non-hydrogen) atoms. The monoisotopic (exact) mass is 283 g/mol. The van der Waals surface area contributed by atoms with Crippen LogP contribution in [-0.2, 0) is 11.4 Å². The summed E-state index contributed by atoms with van der Waals surface area (Å²) in [5, 5.41) is 12.0. The highest BCUT2D eigenvalue weighted by Gasteiger charge is 2.09. The summed E-state index contributed by atoms with van der Waals surface area (Å²) in [6.45, 7) is 2.11. The molecule has 0 heterocycles. The van der Waals surface area contributed by atoms with Gasteiger partial charge in [-0.3, -0.25) is 4.79 Å². The molecular weight excluding hydrogens is 262 g/mol. The molecule has 0 aliphatic carbocycles. The molecule has 0 bridgehead atoms. The van der Waals surface area contributed by atoms with Crippen LogP contribution in [0.25, 0.3) is 0 Å². The summed E-state index contributed by atoms with van der Waals surface area (Å²) in [5.74, 6) is 0.369. The molecule has 0 fully saturated rings. The van der Waals surface area contributed by atoms with Crippen molar-refractivity contribution in [3.8, 4) is 0 Å². The van der Waals surface area contributed by atoms with Crippen LogP contribution >= 0.6 is 0 Å². The number of aliphatic hydroxyl groups is 1. The molecule has 1 atom stereocenters. The van der Waals surface area contributed by atoms with Crippen molar-refractivity contribution in [2.24, 2.45) is 0 Å². The van der Waals surface area contributed by atoms with Crippen LogP contribution in [0.3, 0.4) is 0 Å². The maximum atomic E-state index is 12.0. The zero-order valence-corrected chi connectivity index (χ0v) is 12.3. The number of carbonyl (C=O) groups is 1. The molecule has 0 aromatic heterocycles. The van der Waals surface area contributed by atoms with Crippen molar-refractivity contribution in [3.63, 3.8) is 0 Å². The van der Waals surface area contributed by atoms with Gasteiger partial charge in [0.25, 0.3) is 0 Å². The maximum Gasteiger partial charge on any atom is 0.224 e. The topological polar surface area (TPSA) is 49.3 Å². The summed E-state index contributed by atoms with van der Waals surface area (Å²) in [4.78, 5) is 12.0. The Balaban J connectivity index is 1.84. The molecule has 0 aliphatic rings. The van der Waals surface area contributed by atoms with E-state index in [4.69, 9.17) is 5.11 Å². The van der Waals surface area contributed by atoms with Crippen molar-refractivity contribution >= 4 is 11.6 Å². The molecule has 0 radical (unpaired) electrons.